The smallest absolute Gasteiger partial charge is 0.387 e. The summed E-state index contributed by atoms with van der Waals surface area (Å²) < 4.78 is 34.6. The zero-order valence-corrected chi connectivity index (χ0v) is 18.0. The fraction of sp³-hybridized carbons (Fsp3) is 0.167. The van der Waals surface area contributed by atoms with Crippen LogP contribution in [0.1, 0.15) is 21.5 Å². The molecule has 3 amide bonds. The van der Waals surface area contributed by atoms with Gasteiger partial charge in [-0.1, -0.05) is 30.3 Å². The maximum atomic E-state index is 12.6. The summed E-state index contributed by atoms with van der Waals surface area (Å²) >= 11 is 0. The van der Waals surface area contributed by atoms with Gasteiger partial charge in [0.1, 0.15) is 0 Å². The van der Waals surface area contributed by atoms with Gasteiger partial charge in [-0.25, -0.2) is 4.79 Å². The van der Waals surface area contributed by atoms with E-state index in [1.54, 1.807) is 43.3 Å². The summed E-state index contributed by atoms with van der Waals surface area (Å²) in [6.07, 6.45) is 0. The number of amides is 3. The Kier molecular flexibility index (Phi) is 7.80. The Morgan fingerprint density at radius 2 is 1.70 bits per heavy atom. The lowest BCUT2D eigenvalue weighted by Crippen LogP contribution is -2.28. The van der Waals surface area contributed by atoms with E-state index < -0.39 is 12.6 Å². The Morgan fingerprint density at radius 3 is 2.39 bits per heavy atom. The van der Waals surface area contributed by atoms with Gasteiger partial charge < -0.3 is 25.4 Å². The number of para-hydroxylation sites is 1. The first-order chi connectivity index (χ1) is 15.9. The average molecular weight is 455 g/mol. The van der Waals surface area contributed by atoms with Gasteiger partial charge in [0.05, 0.1) is 7.11 Å². The third-order valence-electron chi connectivity index (χ3n) is 4.68. The van der Waals surface area contributed by atoms with Crippen molar-refractivity contribution in [2.24, 2.45) is 0 Å². The molecule has 0 aliphatic rings. The van der Waals surface area contributed by atoms with Crippen molar-refractivity contribution in [1.82, 2.24) is 5.32 Å². The molecule has 3 aromatic rings. The summed E-state index contributed by atoms with van der Waals surface area (Å²) in [5.74, 6) is -0.278. The average Bonchev–Trinajstić information content (AvgIpc) is 2.79. The SMILES string of the molecule is COc1ccc(CNC(=O)Nc2cc(C(=O)Nc3ccccc3)ccc2C)cc1OC(F)F. The van der Waals surface area contributed by atoms with Crippen molar-refractivity contribution < 1.29 is 27.8 Å². The van der Waals surface area contributed by atoms with Crippen molar-refractivity contribution in [3.8, 4) is 11.5 Å². The number of halogens is 2. The van der Waals surface area contributed by atoms with E-state index in [4.69, 9.17) is 4.74 Å². The summed E-state index contributed by atoms with van der Waals surface area (Å²) in [5, 5.41) is 8.14. The molecule has 0 aliphatic heterocycles. The Balaban J connectivity index is 1.63. The van der Waals surface area contributed by atoms with Gasteiger partial charge in [0.15, 0.2) is 11.5 Å². The molecule has 0 saturated heterocycles. The topological polar surface area (TPSA) is 88.7 Å². The third-order valence-corrected chi connectivity index (χ3v) is 4.68. The number of nitrogens with one attached hydrogen (secondary N) is 3. The van der Waals surface area contributed by atoms with Crippen LogP contribution >= 0.6 is 0 Å². The number of benzene rings is 3. The number of hydrogen-bond donors (Lipinski definition) is 3. The minimum absolute atomic E-state index is 0.0582. The molecule has 33 heavy (non-hydrogen) atoms. The van der Waals surface area contributed by atoms with Gasteiger partial charge in [-0.3, -0.25) is 4.79 Å². The number of anilines is 2. The second-order valence-electron chi connectivity index (χ2n) is 7.02. The number of carbonyl (C=O) groups is 2. The van der Waals surface area contributed by atoms with Gasteiger partial charge in [-0.05, 0) is 54.4 Å². The molecule has 0 unspecified atom stereocenters. The second-order valence-corrected chi connectivity index (χ2v) is 7.02. The van der Waals surface area contributed by atoms with E-state index in [0.29, 0.717) is 22.5 Å². The van der Waals surface area contributed by atoms with E-state index >= 15 is 0 Å². The van der Waals surface area contributed by atoms with Crippen LogP contribution in [-0.4, -0.2) is 25.7 Å². The third kappa shape index (κ3) is 6.67. The predicted octanol–water partition coefficient (Wildman–Crippen LogP) is 5.18. The lowest BCUT2D eigenvalue weighted by atomic mass is 10.1. The van der Waals surface area contributed by atoms with E-state index in [9.17, 15) is 18.4 Å². The molecule has 3 rings (SSSR count). The molecule has 3 N–H and O–H groups in total. The van der Waals surface area contributed by atoms with E-state index in [0.717, 1.165) is 5.56 Å². The number of hydrogen-bond acceptors (Lipinski definition) is 4. The monoisotopic (exact) mass is 455 g/mol. The van der Waals surface area contributed by atoms with Gasteiger partial charge in [0.25, 0.3) is 5.91 Å². The van der Waals surface area contributed by atoms with Crippen LogP contribution in [0.15, 0.2) is 66.7 Å². The first-order valence-corrected chi connectivity index (χ1v) is 9.99. The molecule has 0 atom stereocenters. The molecule has 0 radical (unpaired) electrons. The molecule has 0 heterocycles. The van der Waals surface area contributed by atoms with Crippen LogP contribution in [-0.2, 0) is 6.54 Å². The van der Waals surface area contributed by atoms with E-state index in [1.165, 1.54) is 19.2 Å². The first-order valence-electron chi connectivity index (χ1n) is 9.99. The van der Waals surface area contributed by atoms with Crippen LogP contribution in [0.5, 0.6) is 11.5 Å². The van der Waals surface area contributed by atoms with Crippen LogP contribution in [0.2, 0.25) is 0 Å². The highest BCUT2D eigenvalue weighted by Crippen LogP contribution is 2.29. The molecule has 0 fully saturated rings. The summed E-state index contributed by atoms with van der Waals surface area (Å²) in [7, 11) is 1.34. The molecular formula is C24H23F2N3O4. The first kappa shape index (κ1) is 23.5. The number of rotatable bonds is 8. The fourth-order valence-electron chi connectivity index (χ4n) is 2.99. The van der Waals surface area contributed by atoms with Crippen LogP contribution in [0.25, 0.3) is 0 Å². The van der Waals surface area contributed by atoms with Crippen molar-refractivity contribution in [3.05, 3.63) is 83.4 Å². The summed E-state index contributed by atoms with van der Waals surface area (Å²) in [6, 6.07) is 17.9. The van der Waals surface area contributed by atoms with Crippen molar-refractivity contribution in [2.45, 2.75) is 20.1 Å². The Labute approximate surface area is 189 Å². The molecule has 9 heteroatoms. The van der Waals surface area contributed by atoms with Crippen LogP contribution in [0, 0.1) is 6.92 Å². The zero-order chi connectivity index (χ0) is 23.8. The van der Waals surface area contributed by atoms with Gasteiger partial charge in [0.2, 0.25) is 0 Å². The van der Waals surface area contributed by atoms with Crippen molar-refractivity contribution in [2.75, 3.05) is 17.7 Å². The molecule has 0 saturated carbocycles. The highest BCUT2D eigenvalue weighted by Gasteiger charge is 2.13. The molecule has 7 nitrogen and oxygen atoms in total. The van der Waals surface area contributed by atoms with Gasteiger partial charge in [-0.2, -0.15) is 8.78 Å². The fourth-order valence-corrected chi connectivity index (χ4v) is 2.99. The van der Waals surface area contributed by atoms with E-state index in [1.807, 2.05) is 18.2 Å². The number of aryl methyl sites for hydroxylation is 1. The summed E-state index contributed by atoms with van der Waals surface area (Å²) in [4.78, 5) is 24.9. The van der Waals surface area contributed by atoms with Gasteiger partial charge >= 0.3 is 12.6 Å². The Hall–Kier alpha value is -4.14. The standard InChI is InChI=1S/C24H23F2N3O4/c1-15-8-10-17(22(30)28-18-6-4-3-5-7-18)13-19(15)29-24(31)27-14-16-9-11-20(32-2)21(12-16)33-23(25)26/h3-13,23H,14H2,1-2H3,(H,28,30)(H2,27,29,31). The largest absolute Gasteiger partial charge is 0.493 e. The second kappa shape index (κ2) is 10.9. The van der Waals surface area contributed by atoms with Gasteiger partial charge in [-0.15, -0.1) is 0 Å². The maximum absolute atomic E-state index is 12.6. The molecule has 0 aliphatic carbocycles. The normalized spacial score (nSPS) is 10.5. The van der Waals surface area contributed by atoms with Crippen LogP contribution in [0.3, 0.4) is 0 Å². The molecule has 0 bridgehead atoms. The maximum Gasteiger partial charge on any atom is 0.387 e. The minimum atomic E-state index is -3.00. The zero-order valence-electron chi connectivity index (χ0n) is 18.0. The quantitative estimate of drug-likeness (QED) is 0.437. The van der Waals surface area contributed by atoms with Crippen molar-refractivity contribution in [1.29, 1.82) is 0 Å². The lowest BCUT2D eigenvalue weighted by Gasteiger charge is -2.14. The molecule has 0 aromatic heterocycles. The molecular weight excluding hydrogens is 432 g/mol. The number of alkyl halides is 2. The summed E-state index contributed by atoms with van der Waals surface area (Å²) in [6.45, 7) is -1.14. The molecule has 172 valence electrons. The van der Waals surface area contributed by atoms with Crippen LogP contribution in [0.4, 0.5) is 25.0 Å². The van der Waals surface area contributed by atoms with Crippen molar-refractivity contribution >= 4 is 23.3 Å². The summed E-state index contributed by atoms with van der Waals surface area (Å²) in [5.41, 5.74) is 2.80. The van der Waals surface area contributed by atoms with Crippen molar-refractivity contribution in [3.63, 3.8) is 0 Å². The van der Waals surface area contributed by atoms with Crippen LogP contribution < -0.4 is 25.4 Å². The number of methoxy groups -OCH3 is 1. The number of urea groups is 1. The Bertz CT molecular complexity index is 1120. The van der Waals surface area contributed by atoms with E-state index in [-0.39, 0.29) is 24.0 Å². The highest BCUT2D eigenvalue weighted by molar-refractivity contribution is 6.05. The molecule has 0 spiro atoms. The number of carbonyl (C=O) groups excluding carboxylic acids is 2. The molecule has 3 aromatic carbocycles. The van der Waals surface area contributed by atoms with E-state index in [2.05, 4.69) is 20.7 Å². The Morgan fingerprint density at radius 1 is 0.939 bits per heavy atom. The lowest BCUT2D eigenvalue weighted by molar-refractivity contribution is -0.0512. The predicted molar refractivity (Wildman–Crippen MR) is 121 cm³/mol. The number of ether oxygens (including phenoxy) is 2. The van der Waals surface area contributed by atoms with Gasteiger partial charge in [0, 0.05) is 23.5 Å². The highest BCUT2D eigenvalue weighted by atomic mass is 19.3. The minimum Gasteiger partial charge on any atom is -0.493 e.